The molecule has 1 amide bonds. The van der Waals surface area contributed by atoms with E-state index in [1.165, 1.54) is 36.4 Å². The van der Waals surface area contributed by atoms with Crippen LogP contribution in [0.15, 0.2) is 57.3 Å². The quantitative estimate of drug-likeness (QED) is 0.182. The smallest absolute Gasteiger partial charge is 0.339 e. The van der Waals surface area contributed by atoms with Gasteiger partial charge in [-0.05, 0) is 49.8 Å². The van der Waals surface area contributed by atoms with Crippen molar-refractivity contribution in [2.24, 2.45) is 0 Å². The van der Waals surface area contributed by atoms with Crippen molar-refractivity contribution in [2.75, 3.05) is 18.2 Å². The number of amides is 1. The SMILES string of the molecule is CCOc1cc(C=C(C#N)C(=O)Nc2nnc(S(C)(=O)=O)s2)ccc1OS(=O)(=O)c1ccc(C)cc1. The molecule has 0 aliphatic rings. The third kappa shape index (κ3) is 6.66. The summed E-state index contributed by atoms with van der Waals surface area (Å²) in [7, 11) is -7.73. The normalized spacial score (nSPS) is 12.0. The maximum Gasteiger partial charge on any atom is 0.339 e. The number of nitriles is 1. The summed E-state index contributed by atoms with van der Waals surface area (Å²) >= 11 is 0.645. The topological polar surface area (TPSA) is 165 Å². The van der Waals surface area contributed by atoms with Gasteiger partial charge in [0.1, 0.15) is 16.5 Å². The average Bonchev–Trinajstić information content (AvgIpc) is 3.28. The van der Waals surface area contributed by atoms with E-state index in [-0.39, 0.29) is 38.0 Å². The molecule has 1 aromatic heterocycles. The Kier molecular flexibility index (Phi) is 8.08. The molecule has 0 fully saturated rings. The Balaban J connectivity index is 1.86. The zero-order chi connectivity index (χ0) is 26.5. The minimum Gasteiger partial charge on any atom is -0.490 e. The van der Waals surface area contributed by atoms with E-state index in [2.05, 4.69) is 15.5 Å². The molecule has 0 atom stereocenters. The van der Waals surface area contributed by atoms with Gasteiger partial charge in [0.2, 0.25) is 19.3 Å². The van der Waals surface area contributed by atoms with Crippen molar-refractivity contribution < 1.29 is 30.6 Å². The molecule has 3 rings (SSSR count). The summed E-state index contributed by atoms with van der Waals surface area (Å²) in [6.07, 6.45) is 2.20. The van der Waals surface area contributed by atoms with Gasteiger partial charge in [0.15, 0.2) is 11.5 Å². The first-order valence-electron chi connectivity index (χ1n) is 10.2. The summed E-state index contributed by atoms with van der Waals surface area (Å²) in [6.45, 7) is 3.72. The van der Waals surface area contributed by atoms with Crippen LogP contribution in [0.1, 0.15) is 18.1 Å². The Morgan fingerprint density at radius 1 is 1.11 bits per heavy atom. The minimum absolute atomic E-state index is 0.0290. The lowest BCUT2D eigenvalue weighted by Crippen LogP contribution is -2.13. The monoisotopic (exact) mass is 548 g/mol. The number of nitrogens with one attached hydrogen (secondary N) is 1. The third-order valence-electron chi connectivity index (χ3n) is 4.40. The average molecular weight is 549 g/mol. The molecule has 36 heavy (non-hydrogen) atoms. The third-order valence-corrected chi connectivity index (χ3v) is 8.15. The number of anilines is 1. The molecule has 11 nitrogen and oxygen atoms in total. The van der Waals surface area contributed by atoms with Crippen LogP contribution in [0.25, 0.3) is 6.08 Å². The van der Waals surface area contributed by atoms with Crippen LogP contribution in [0.3, 0.4) is 0 Å². The number of benzene rings is 2. The van der Waals surface area contributed by atoms with E-state index in [4.69, 9.17) is 8.92 Å². The molecular weight excluding hydrogens is 528 g/mol. The van der Waals surface area contributed by atoms with Crippen molar-refractivity contribution in [1.29, 1.82) is 5.26 Å². The van der Waals surface area contributed by atoms with Gasteiger partial charge in [-0.1, -0.05) is 35.1 Å². The molecule has 0 aliphatic heterocycles. The number of carbonyl (C=O) groups is 1. The fraction of sp³-hybridized carbons (Fsp3) is 0.182. The van der Waals surface area contributed by atoms with Gasteiger partial charge in [-0.2, -0.15) is 13.7 Å². The number of nitrogens with zero attached hydrogens (tertiary/aromatic N) is 3. The molecule has 0 aliphatic carbocycles. The highest BCUT2D eigenvalue weighted by Gasteiger charge is 2.20. The molecular formula is C22H20N4O7S3. The number of aryl methyl sites for hydroxylation is 1. The van der Waals surface area contributed by atoms with Gasteiger partial charge in [0, 0.05) is 6.26 Å². The standard InChI is InChI=1S/C22H20N4O7S3/c1-4-32-19-12-15(7-10-18(19)33-36(30,31)17-8-5-14(2)6-9-17)11-16(13-23)20(27)24-21-25-26-22(34-21)35(3,28)29/h5-12H,4H2,1-3H3,(H,24,25,27). The number of hydrogen-bond acceptors (Lipinski definition) is 11. The van der Waals surface area contributed by atoms with Crippen LogP contribution in [-0.2, 0) is 24.7 Å². The van der Waals surface area contributed by atoms with E-state index >= 15 is 0 Å². The van der Waals surface area contributed by atoms with Gasteiger partial charge in [-0.15, -0.1) is 10.2 Å². The van der Waals surface area contributed by atoms with Crippen molar-refractivity contribution in [3.8, 4) is 17.6 Å². The Labute approximate surface area is 212 Å². The van der Waals surface area contributed by atoms with Crippen LogP contribution in [0.2, 0.25) is 0 Å². The van der Waals surface area contributed by atoms with E-state index < -0.39 is 25.9 Å². The molecule has 0 bridgehead atoms. The molecule has 2 aromatic carbocycles. The molecule has 188 valence electrons. The number of hydrogen-bond donors (Lipinski definition) is 1. The fourth-order valence-electron chi connectivity index (χ4n) is 2.71. The Morgan fingerprint density at radius 3 is 2.39 bits per heavy atom. The van der Waals surface area contributed by atoms with Crippen molar-refractivity contribution in [2.45, 2.75) is 23.1 Å². The van der Waals surface area contributed by atoms with E-state index in [0.29, 0.717) is 16.9 Å². The second-order valence-electron chi connectivity index (χ2n) is 7.26. The molecule has 14 heteroatoms. The number of rotatable bonds is 9. The highest BCUT2D eigenvalue weighted by molar-refractivity contribution is 7.92. The second-order valence-corrected chi connectivity index (χ2v) is 12.0. The first-order chi connectivity index (χ1) is 16.9. The summed E-state index contributed by atoms with van der Waals surface area (Å²) in [5.74, 6) is -0.824. The van der Waals surface area contributed by atoms with Gasteiger partial charge >= 0.3 is 10.1 Å². The zero-order valence-corrected chi connectivity index (χ0v) is 21.7. The molecule has 0 saturated carbocycles. The molecule has 0 radical (unpaired) electrons. The highest BCUT2D eigenvalue weighted by Crippen LogP contribution is 2.32. The molecule has 1 N–H and O–H groups in total. The second kappa shape index (κ2) is 10.9. The maximum atomic E-state index is 12.7. The maximum absolute atomic E-state index is 12.7. The Bertz CT molecular complexity index is 1570. The predicted octanol–water partition coefficient (Wildman–Crippen LogP) is 2.96. The molecule has 0 spiro atoms. The van der Waals surface area contributed by atoms with Crippen LogP contribution in [0.5, 0.6) is 11.5 Å². The summed E-state index contributed by atoms with van der Waals surface area (Å²) in [4.78, 5) is 12.5. The lowest BCUT2D eigenvalue weighted by atomic mass is 10.1. The summed E-state index contributed by atoms with van der Waals surface area (Å²) in [5, 5.41) is 18.8. The molecule has 1 heterocycles. The predicted molar refractivity (Wildman–Crippen MR) is 132 cm³/mol. The van der Waals surface area contributed by atoms with Crippen molar-refractivity contribution in [3.63, 3.8) is 0 Å². The number of carbonyl (C=O) groups excluding carboxylic acids is 1. The summed E-state index contributed by atoms with van der Waals surface area (Å²) in [6, 6.07) is 12.1. The number of sulfone groups is 1. The summed E-state index contributed by atoms with van der Waals surface area (Å²) < 4.78 is 58.9. The van der Waals surface area contributed by atoms with Gasteiger partial charge in [-0.25, -0.2) is 8.42 Å². The minimum atomic E-state index is -4.13. The lowest BCUT2D eigenvalue weighted by Gasteiger charge is -2.13. The first-order valence-corrected chi connectivity index (χ1v) is 14.3. The van der Waals surface area contributed by atoms with Crippen molar-refractivity contribution >= 4 is 48.4 Å². The van der Waals surface area contributed by atoms with Gasteiger partial charge in [0.25, 0.3) is 5.91 Å². The van der Waals surface area contributed by atoms with E-state index in [9.17, 15) is 26.9 Å². The van der Waals surface area contributed by atoms with Crippen LogP contribution in [0, 0.1) is 18.3 Å². The largest absolute Gasteiger partial charge is 0.490 e. The van der Waals surface area contributed by atoms with Crippen LogP contribution >= 0.6 is 11.3 Å². The van der Waals surface area contributed by atoms with Gasteiger partial charge in [0.05, 0.1) is 6.61 Å². The van der Waals surface area contributed by atoms with Crippen LogP contribution < -0.4 is 14.2 Å². The first kappa shape index (κ1) is 26.8. The van der Waals surface area contributed by atoms with E-state index in [0.717, 1.165) is 11.8 Å². The summed E-state index contributed by atoms with van der Waals surface area (Å²) in [5.41, 5.74) is 0.910. The molecule has 0 unspecified atom stereocenters. The molecule has 0 saturated heterocycles. The highest BCUT2D eigenvalue weighted by atomic mass is 32.2. The van der Waals surface area contributed by atoms with E-state index in [1.54, 1.807) is 25.1 Å². The Hall–Kier alpha value is -3.80. The van der Waals surface area contributed by atoms with Gasteiger partial charge in [-0.3, -0.25) is 10.1 Å². The molecule has 3 aromatic rings. The number of ether oxygens (including phenoxy) is 1. The Morgan fingerprint density at radius 2 is 1.81 bits per heavy atom. The van der Waals surface area contributed by atoms with Crippen molar-refractivity contribution in [3.05, 3.63) is 59.2 Å². The lowest BCUT2D eigenvalue weighted by molar-refractivity contribution is -0.112. The van der Waals surface area contributed by atoms with Crippen molar-refractivity contribution in [1.82, 2.24) is 10.2 Å². The van der Waals surface area contributed by atoms with E-state index in [1.807, 2.05) is 6.92 Å². The van der Waals surface area contributed by atoms with Gasteiger partial charge < -0.3 is 8.92 Å². The fourth-order valence-corrected chi connectivity index (χ4v) is 5.16. The zero-order valence-electron chi connectivity index (χ0n) is 19.3. The number of aromatic nitrogens is 2. The van der Waals surface area contributed by atoms with Crippen LogP contribution in [-0.4, -0.2) is 45.8 Å². The van der Waals surface area contributed by atoms with Crippen LogP contribution in [0.4, 0.5) is 5.13 Å².